The quantitative estimate of drug-likeness (QED) is 0.395. The van der Waals surface area contributed by atoms with Crippen molar-refractivity contribution in [3.63, 3.8) is 0 Å². The SMILES string of the molecule is Cc1cc(C)cc(-c2nnc(SCC(=O)c3cc(C)n(C[C@@H]4CCCO4)c3C)o2)c1. The fraction of sp³-hybridized carbons (Fsp3) is 0.435. The molecule has 1 aliphatic rings. The van der Waals surface area contributed by atoms with Gasteiger partial charge in [0.2, 0.25) is 5.89 Å². The molecule has 0 unspecified atom stereocenters. The van der Waals surface area contributed by atoms with Gasteiger partial charge in [0.1, 0.15) is 0 Å². The van der Waals surface area contributed by atoms with Crippen LogP contribution in [0.4, 0.5) is 0 Å². The van der Waals surface area contributed by atoms with Gasteiger partial charge in [-0.25, -0.2) is 0 Å². The van der Waals surface area contributed by atoms with Crippen molar-refractivity contribution in [3.05, 3.63) is 52.3 Å². The summed E-state index contributed by atoms with van der Waals surface area (Å²) in [6.45, 7) is 9.76. The maximum absolute atomic E-state index is 12.9. The van der Waals surface area contributed by atoms with Gasteiger partial charge in [0.25, 0.3) is 5.22 Å². The monoisotopic (exact) mass is 425 g/mol. The molecule has 0 bridgehead atoms. The van der Waals surface area contributed by atoms with E-state index in [0.717, 1.165) is 59.6 Å². The summed E-state index contributed by atoms with van der Waals surface area (Å²) in [6.07, 6.45) is 2.44. The van der Waals surface area contributed by atoms with Gasteiger partial charge in [0.15, 0.2) is 5.78 Å². The van der Waals surface area contributed by atoms with E-state index in [1.165, 1.54) is 11.8 Å². The lowest BCUT2D eigenvalue weighted by molar-refractivity contribution is 0.0957. The Balaban J connectivity index is 1.42. The fourth-order valence-corrected chi connectivity index (χ4v) is 4.69. The predicted molar refractivity (Wildman–Crippen MR) is 117 cm³/mol. The van der Waals surface area contributed by atoms with Crippen LogP contribution in [0.25, 0.3) is 11.5 Å². The number of aromatic nitrogens is 3. The predicted octanol–water partition coefficient (Wildman–Crippen LogP) is 4.93. The average Bonchev–Trinajstić information content (AvgIpc) is 3.43. The van der Waals surface area contributed by atoms with Crippen molar-refractivity contribution in [2.45, 2.75) is 58.4 Å². The summed E-state index contributed by atoms with van der Waals surface area (Å²) >= 11 is 1.28. The lowest BCUT2D eigenvalue weighted by Gasteiger charge is -2.14. The number of carbonyl (C=O) groups is 1. The first-order valence-corrected chi connectivity index (χ1v) is 11.3. The Bertz CT molecular complexity index is 1040. The van der Waals surface area contributed by atoms with Crippen LogP contribution in [-0.4, -0.2) is 39.0 Å². The molecule has 1 fully saturated rings. The van der Waals surface area contributed by atoms with E-state index in [2.05, 4.69) is 20.8 Å². The van der Waals surface area contributed by atoms with E-state index < -0.39 is 0 Å². The number of ketones is 1. The Morgan fingerprint density at radius 3 is 2.60 bits per heavy atom. The van der Waals surface area contributed by atoms with Gasteiger partial charge in [-0.2, -0.15) is 0 Å². The van der Waals surface area contributed by atoms with Crippen LogP contribution < -0.4 is 0 Å². The smallest absolute Gasteiger partial charge is 0.277 e. The van der Waals surface area contributed by atoms with Crippen LogP contribution in [0.5, 0.6) is 0 Å². The molecule has 30 heavy (non-hydrogen) atoms. The summed E-state index contributed by atoms with van der Waals surface area (Å²) in [4.78, 5) is 12.9. The van der Waals surface area contributed by atoms with Gasteiger partial charge in [0.05, 0.1) is 11.9 Å². The summed E-state index contributed by atoms with van der Waals surface area (Å²) in [5.74, 6) is 0.808. The average molecular weight is 426 g/mol. The van der Waals surface area contributed by atoms with E-state index in [1.54, 1.807) is 0 Å². The number of nitrogens with zero attached hydrogens (tertiary/aromatic N) is 3. The zero-order chi connectivity index (χ0) is 21.3. The van der Waals surface area contributed by atoms with Gasteiger partial charge in [0, 0.05) is 35.7 Å². The van der Waals surface area contributed by atoms with Crippen molar-refractivity contribution < 1.29 is 13.9 Å². The summed E-state index contributed by atoms with van der Waals surface area (Å²) in [5.41, 5.74) is 6.03. The van der Waals surface area contributed by atoms with Crippen LogP contribution in [0, 0.1) is 27.7 Å². The summed E-state index contributed by atoms with van der Waals surface area (Å²) in [6, 6.07) is 8.11. The van der Waals surface area contributed by atoms with Gasteiger partial charge in [-0.15, -0.1) is 10.2 Å². The van der Waals surface area contributed by atoms with Crippen molar-refractivity contribution in [1.29, 1.82) is 0 Å². The van der Waals surface area contributed by atoms with E-state index >= 15 is 0 Å². The number of Topliss-reactive ketones (excluding diaryl/α,β-unsaturated/α-hetero) is 1. The maximum atomic E-state index is 12.9. The molecule has 3 aromatic rings. The molecule has 6 nitrogen and oxygen atoms in total. The molecule has 0 amide bonds. The Morgan fingerprint density at radius 2 is 1.90 bits per heavy atom. The molecule has 1 saturated heterocycles. The van der Waals surface area contributed by atoms with Gasteiger partial charge in [-0.1, -0.05) is 29.0 Å². The number of aryl methyl sites for hydroxylation is 3. The van der Waals surface area contributed by atoms with E-state index in [4.69, 9.17) is 9.15 Å². The Labute approximate surface area is 181 Å². The number of benzene rings is 1. The third-order valence-corrected chi connectivity index (χ3v) is 6.30. The first-order chi connectivity index (χ1) is 14.4. The van der Waals surface area contributed by atoms with Crippen LogP contribution in [0.2, 0.25) is 0 Å². The zero-order valence-electron chi connectivity index (χ0n) is 17.9. The number of thioether (sulfide) groups is 1. The molecule has 0 saturated carbocycles. The van der Waals surface area contributed by atoms with Crippen LogP contribution in [0.3, 0.4) is 0 Å². The van der Waals surface area contributed by atoms with Crippen molar-refractivity contribution >= 4 is 17.5 Å². The standard InChI is InChI=1S/C23H27N3O3S/c1-14-8-15(2)10-18(9-14)22-24-25-23(29-22)30-13-21(27)20-11-16(3)26(17(20)4)12-19-6-5-7-28-19/h8-11,19H,5-7,12-13H2,1-4H3/t19-/m0/s1. The van der Waals surface area contributed by atoms with E-state index in [0.29, 0.717) is 11.1 Å². The Hall–Kier alpha value is -2.38. The summed E-state index contributed by atoms with van der Waals surface area (Å²) in [7, 11) is 0. The Kier molecular flexibility index (Phi) is 6.11. The first kappa shape index (κ1) is 20.9. The summed E-state index contributed by atoms with van der Waals surface area (Å²) in [5, 5.41) is 8.66. The van der Waals surface area contributed by atoms with Crippen LogP contribution in [-0.2, 0) is 11.3 Å². The number of ether oxygens (including phenoxy) is 1. The van der Waals surface area contributed by atoms with Crippen molar-refractivity contribution in [3.8, 4) is 11.5 Å². The maximum Gasteiger partial charge on any atom is 0.277 e. The topological polar surface area (TPSA) is 70.2 Å². The molecule has 2 aromatic heterocycles. The lowest BCUT2D eigenvalue weighted by Crippen LogP contribution is -2.17. The van der Waals surface area contributed by atoms with Crippen LogP contribution >= 0.6 is 11.8 Å². The highest BCUT2D eigenvalue weighted by Crippen LogP contribution is 2.26. The zero-order valence-corrected chi connectivity index (χ0v) is 18.7. The molecule has 0 aliphatic carbocycles. The molecule has 1 aromatic carbocycles. The second-order valence-electron chi connectivity index (χ2n) is 7.99. The second-order valence-corrected chi connectivity index (χ2v) is 8.92. The molecule has 0 N–H and O–H groups in total. The molecule has 158 valence electrons. The Morgan fingerprint density at radius 1 is 1.13 bits per heavy atom. The molecule has 1 aliphatic heterocycles. The first-order valence-electron chi connectivity index (χ1n) is 10.3. The third kappa shape index (κ3) is 4.52. The molecule has 4 rings (SSSR count). The molecule has 0 radical (unpaired) electrons. The molecule has 1 atom stereocenters. The second kappa shape index (κ2) is 8.78. The number of carbonyl (C=O) groups excluding carboxylic acids is 1. The minimum Gasteiger partial charge on any atom is -0.411 e. The molecular formula is C23H27N3O3S. The largest absolute Gasteiger partial charge is 0.411 e. The minimum atomic E-state index is 0.0674. The molecular weight excluding hydrogens is 398 g/mol. The highest BCUT2D eigenvalue weighted by Gasteiger charge is 2.21. The van der Waals surface area contributed by atoms with Crippen LogP contribution in [0.15, 0.2) is 33.9 Å². The van der Waals surface area contributed by atoms with Crippen molar-refractivity contribution in [2.24, 2.45) is 0 Å². The van der Waals surface area contributed by atoms with Gasteiger partial charge >= 0.3 is 0 Å². The number of hydrogen-bond donors (Lipinski definition) is 0. The number of rotatable bonds is 7. The number of hydrogen-bond acceptors (Lipinski definition) is 6. The van der Waals surface area contributed by atoms with Gasteiger partial charge in [-0.3, -0.25) is 4.79 Å². The third-order valence-electron chi connectivity index (χ3n) is 5.49. The van der Waals surface area contributed by atoms with E-state index in [-0.39, 0.29) is 17.6 Å². The fourth-order valence-electron chi connectivity index (χ4n) is 4.04. The molecule has 0 spiro atoms. The lowest BCUT2D eigenvalue weighted by atomic mass is 10.1. The van der Waals surface area contributed by atoms with Gasteiger partial charge in [-0.05, 0) is 58.7 Å². The molecule has 7 heteroatoms. The highest BCUT2D eigenvalue weighted by molar-refractivity contribution is 7.99. The van der Waals surface area contributed by atoms with E-state index in [1.807, 2.05) is 45.9 Å². The van der Waals surface area contributed by atoms with Crippen molar-refractivity contribution in [2.75, 3.05) is 12.4 Å². The van der Waals surface area contributed by atoms with Crippen molar-refractivity contribution in [1.82, 2.24) is 14.8 Å². The normalized spacial score (nSPS) is 16.3. The van der Waals surface area contributed by atoms with Gasteiger partial charge < -0.3 is 13.7 Å². The minimum absolute atomic E-state index is 0.0674. The van der Waals surface area contributed by atoms with Crippen LogP contribution in [0.1, 0.15) is 45.7 Å². The molecule has 3 heterocycles. The van der Waals surface area contributed by atoms with E-state index in [9.17, 15) is 4.79 Å². The highest BCUT2D eigenvalue weighted by atomic mass is 32.2. The summed E-state index contributed by atoms with van der Waals surface area (Å²) < 4.78 is 13.7.